The number of ether oxygens (including phenoxy) is 1. The van der Waals surface area contributed by atoms with E-state index < -0.39 is 0 Å². The highest BCUT2D eigenvalue weighted by atomic mass is 16.5. The number of piperidine rings is 1. The largest absolute Gasteiger partial charge is 0.487 e. The zero-order valence-electron chi connectivity index (χ0n) is 15.0. The molecule has 1 fully saturated rings. The Morgan fingerprint density at radius 3 is 2.48 bits per heavy atom. The summed E-state index contributed by atoms with van der Waals surface area (Å²) in [6.07, 6.45) is 3.96. The minimum absolute atomic E-state index is 0.0967. The Hall–Kier alpha value is -2.29. The number of likely N-dealkylation sites (tertiary alicyclic amines) is 1. The second-order valence-corrected chi connectivity index (χ2v) is 7.51. The Kier molecular flexibility index (Phi) is 4.03. The molecular formula is C22H25NO2. The van der Waals surface area contributed by atoms with Crippen LogP contribution >= 0.6 is 0 Å². The van der Waals surface area contributed by atoms with E-state index in [0.29, 0.717) is 0 Å². The standard InChI is InChI=1S/C22H25NO2/c1-16-14-17(2)20-19(15-16)8-9-22(25-20)10-12-23(13-11-22)21(24)18-6-4-3-5-7-18/h3-7,14-15H,8-13H2,1-2H3. The van der Waals surface area contributed by atoms with E-state index in [0.717, 1.165) is 50.1 Å². The summed E-state index contributed by atoms with van der Waals surface area (Å²) in [5.74, 6) is 1.22. The average Bonchev–Trinajstić information content (AvgIpc) is 2.63. The number of aryl methyl sites for hydroxylation is 3. The summed E-state index contributed by atoms with van der Waals surface area (Å²) in [6.45, 7) is 5.83. The van der Waals surface area contributed by atoms with Gasteiger partial charge in [-0.3, -0.25) is 4.79 Å². The van der Waals surface area contributed by atoms with Crippen LogP contribution in [0.3, 0.4) is 0 Å². The van der Waals surface area contributed by atoms with E-state index in [9.17, 15) is 4.79 Å². The van der Waals surface area contributed by atoms with E-state index in [4.69, 9.17) is 4.74 Å². The highest BCUT2D eigenvalue weighted by Crippen LogP contribution is 2.41. The molecule has 2 aliphatic rings. The van der Waals surface area contributed by atoms with E-state index >= 15 is 0 Å². The van der Waals surface area contributed by atoms with Gasteiger partial charge in [-0.2, -0.15) is 0 Å². The molecule has 0 aliphatic carbocycles. The number of hydrogen-bond donors (Lipinski definition) is 0. The highest BCUT2D eigenvalue weighted by Gasteiger charge is 2.40. The molecule has 0 unspecified atom stereocenters. The van der Waals surface area contributed by atoms with Gasteiger partial charge in [-0.25, -0.2) is 0 Å². The number of carbonyl (C=O) groups excluding carboxylic acids is 1. The predicted molar refractivity (Wildman–Crippen MR) is 99.2 cm³/mol. The normalized spacial score (nSPS) is 18.6. The molecule has 0 aromatic heterocycles. The number of fused-ring (bicyclic) bond motifs is 1. The number of carbonyl (C=O) groups is 1. The molecule has 1 saturated heterocycles. The summed E-state index contributed by atoms with van der Waals surface area (Å²) in [4.78, 5) is 14.6. The Labute approximate surface area is 149 Å². The topological polar surface area (TPSA) is 29.5 Å². The van der Waals surface area contributed by atoms with Crippen LogP contribution in [0.1, 0.15) is 46.3 Å². The van der Waals surface area contributed by atoms with Gasteiger partial charge in [0.2, 0.25) is 0 Å². The maximum Gasteiger partial charge on any atom is 0.253 e. The van der Waals surface area contributed by atoms with Gasteiger partial charge in [0.15, 0.2) is 0 Å². The van der Waals surface area contributed by atoms with Crippen LogP contribution in [0.15, 0.2) is 42.5 Å². The molecule has 0 bridgehead atoms. The smallest absolute Gasteiger partial charge is 0.253 e. The van der Waals surface area contributed by atoms with Crippen LogP contribution in [0, 0.1) is 13.8 Å². The van der Waals surface area contributed by atoms with Gasteiger partial charge in [0.1, 0.15) is 11.4 Å². The van der Waals surface area contributed by atoms with Gasteiger partial charge in [-0.05, 0) is 49.9 Å². The molecule has 3 heteroatoms. The molecule has 1 amide bonds. The molecule has 0 N–H and O–H groups in total. The number of benzene rings is 2. The summed E-state index contributed by atoms with van der Waals surface area (Å²) >= 11 is 0. The lowest BCUT2D eigenvalue weighted by atomic mass is 9.82. The average molecular weight is 335 g/mol. The van der Waals surface area contributed by atoms with E-state index in [2.05, 4.69) is 26.0 Å². The highest BCUT2D eigenvalue weighted by molar-refractivity contribution is 5.94. The molecule has 2 aromatic rings. The maximum absolute atomic E-state index is 12.6. The van der Waals surface area contributed by atoms with Gasteiger partial charge < -0.3 is 9.64 Å². The molecule has 0 saturated carbocycles. The first-order chi connectivity index (χ1) is 12.1. The van der Waals surface area contributed by atoms with Crippen LogP contribution < -0.4 is 4.74 Å². The molecule has 0 atom stereocenters. The van der Waals surface area contributed by atoms with Crippen LogP contribution in [0.25, 0.3) is 0 Å². The molecule has 25 heavy (non-hydrogen) atoms. The first-order valence-corrected chi connectivity index (χ1v) is 9.20. The SMILES string of the molecule is Cc1cc(C)c2c(c1)CCC1(CCN(C(=O)c3ccccc3)CC1)O2. The molecule has 2 aliphatic heterocycles. The lowest BCUT2D eigenvalue weighted by Crippen LogP contribution is -2.51. The molecule has 0 radical (unpaired) electrons. The quantitative estimate of drug-likeness (QED) is 0.777. The third kappa shape index (κ3) is 3.04. The van der Waals surface area contributed by atoms with Crippen LogP contribution in [-0.4, -0.2) is 29.5 Å². The van der Waals surface area contributed by atoms with Crippen LogP contribution in [0.2, 0.25) is 0 Å². The van der Waals surface area contributed by atoms with Crippen molar-refractivity contribution < 1.29 is 9.53 Å². The molecule has 130 valence electrons. The number of rotatable bonds is 1. The second-order valence-electron chi connectivity index (χ2n) is 7.51. The third-order valence-electron chi connectivity index (χ3n) is 5.65. The third-order valence-corrected chi connectivity index (χ3v) is 5.65. The fourth-order valence-corrected chi connectivity index (χ4v) is 4.24. The van der Waals surface area contributed by atoms with Crippen LogP contribution in [0.4, 0.5) is 0 Å². The number of hydrogen-bond acceptors (Lipinski definition) is 2. The summed E-state index contributed by atoms with van der Waals surface area (Å²) < 4.78 is 6.54. The van der Waals surface area contributed by atoms with Crippen molar-refractivity contribution in [1.82, 2.24) is 4.90 Å². The van der Waals surface area contributed by atoms with Crippen molar-refractivity contribution in [2.45, 2.75) is 45.1 Å². The molecule has 2 heterocycles. The van der Waals surface area contributed by atoms with Gasteiger partial charge in [-0.15, -0.1) is 0 Å². The zero-order valence-corrected chi connectivity index (χ0v) is 15.0. The minimum Gasteiger partial charge on any atom is -0.487 e. The Balaban J connectivity index is 1.48. The van der Waals surface area contributed by atoms with E-state index in [1.807, 2.05) is 35.2 Å². The lowest BCUT2D eigenvalue weighted by molar-refractivity contribution is -0.0112. The number of amides is 1. The summed E-state index contributed by atoms with van der Waals surface area (Å²) in [5, 5.41) is 0. The summed E-state index contributed by atoms with van der Waals surface area (Å²) in [7, 11) is 0. The van der Waals surface area contributed by atoms with Crippen molar-refractivity contribution in [2.24, 2.45) is 0 Å². The molecule has 4 rings (SSSR count). The van der Waals surface area contributed by atoms with E-state index in [-0.39, 0.29) is 11.5 Å². The predicted octanol–water partition coefficient (Wildman–Crippen LogP) is 4.30. The van der Waals surface area contributed by atoms with Crippen molar-refractivity contribution in [1.29, 1.82) is 0 Å². The minimum atomic E-state index is -0.0967. The fraction of sp³-hybridized carbons (Fsp3) is 0.409. The monoisotopic (exact) mass is 335 g/mol. The van der Waals surface area contributed by atoms with Crippen molar-refractivity contribution >= 4 is 5.91 Å². The van der Waals surface area contributed by atoms with Crippen LogP contribution in [-0.2, 0) is 6.42 Å². The fourth-order valence-electron chi connectivity index (χ4n) is 4.24. The number of nitrogens with zero attached hydrogens (tertiary/aromatic N) is 1. The Morgan fingerprint density at radius 2 is 1.76 bits per heavy atom. The van der Waals surface area contributed by atoms with Gasteiger partial charge in [0.25, 0.3) is 5.91 Å². The van der Waals surface area contributed by atoms with E-state index in [1.165, 1.54) is 16.7 Å². The lowest BCUT2D eigenvalue weighted by Gasteiger charge is -2.45. The van der Waals surface area contributed by atoms with Gasteiger partial charge in [-0.1, -0.05) is 35.9 Å². The van der Waals surface area contributed by atoms with Crippen molar-refractivity contribution in [2.75, 3.05) is 13.1 Å². The van der Waals surface area contributed by atoms with Gasteiger partial charge in [0.05, 0.1) is 0 Å². The molecule has 1 spiro atoms. The summed E-state index contributed by atoms with van der Waals surface area (Å²) in [5.41, 5.74) is 4.56. The maximum atomic E-state index is 12.6. The van der Waals surface area contributed by atoms with E-state index in [1.54, 1.807) is 0 Å². The first-order valence-electron chi connectivity index (χ1n) is 9.20. The molecule has 2 aromatic carbocycles. The summed E-state index contributed by atoms with van der Waals surface area (Å²) in [6, 6.07) is 14.0. The molecular weight excluding hydrogens is 310 g/mol. The van der Waals surface area contributed by atoms with Crippen molar-refractivity contribution in [3.8, 4) is 5.75 Å². The zero-order chi connectivity index (χ0) is 17.4. The first kappa shape index (κ1) is 16.2. The van der Waals surface area contributed by atoms with Gasteiger partial charge in [0, 0.05) is 31.5 Å². The van der Waals surface area contributed by atoms with Gasteiger partial charge >= 0.3 is 0 Å². The Morgan fingerprint density at radius 1 is 1.04 bits per heavy atom. The second kappa shape index (κ2) is 6.21. The Bertz CT molecular complexity index is 789. The van der Waals surface area contributed by atoms with Crippen LogP contribution in [0.5, 0.6) is 5.75 Å². The van der Waals surface area contributed by atoms with Crippen molar-refractivity contribution in [3.63, 3.8) is 0 Å². The molecule has 3 nitrogen and oxygen atoms in total. The van der Waals surface area contributed by atoms with Crippen molar-refractivity contribution in [3.05, 3.63) is 64.7 Å².